The van der Waals surface area contributed by atoms with Crippen LogP contribution in [0, 0.1) is 5.21 Å². The fourth-order valence-electron chi connectivity index (χ4n) is 0.558. The Hall–Kier alpha value is -1.58. The van der Waals surface area contributed by atoms with E-state index in [0.717, 1.165) is 6.20 Å². The topological polar surface area (TPSA) is 52.4 Å². The number of nitrogens with zero attached hydrogens (tertiary/aromatic N) is 1. The van der Waals surface area contributed by atoms with E-state index in [-0.39, 0.29) is 16.9 Å². The number of hydrogen-bond acceptors (Lipinski definition) is 3. The highest BCUT2D eigenvalue weighted by atomic mass is 16.5. The van der Waals surface area contributed by atoms with Crippen LogP contribution in [0.25, 0.3) is 0 Å². The molecule has 4 nitrogen and oxygen atoms in total. The molecule has 0 aliphatic rings. The van der Waals surface area contributed by atoms with Crippen molar-refractivity contribution in [3.63, 3.8) is 0 Å². The number of carbonyl (C=O) groups excluding carboxylic acids is 1. The second-order valence-electron chi connectivity index (χ2n) is 1.93. The minimum absolute atomic E-state index is 0.0989. The molecule has 0 saturated heterocycles. The van der Waals surface area contributed by atoms with Crippen molar-refractivity contribution in [3.8, 4) is 0 Å². The van der Waals surface area contributed by atoms with Crippen molar-refractivity contribution in [3.05, 3.63) is 29.6 Å². The number of ether oxygens (including phenoxy) is 1. The maximum Gasteiger partial charge on any atom is 0.344 e. The summed E-state index contributed by atoms with van der Waals surface area (Å²) in [4.78, 5) is 11.0. The Morgan fingerprint density at radius 3 is 2.67 bits per heavy atom. The summed E-state index contributed by atoms with van der Waals surface area (Å²) >= 11 is 0. The van der Waals surface area contributed by atoms with Crippen LogP contribution in [0.5, 0.6) is 0 Å². The molecule has 0 rings (SSSR count). The Morgan fingerprint density at radius 2 is 2.33 bits per heavy atom. The zero-order valence-electron chi connectivity index (χ0n) is 6.95. The Bertz CT molecular complexity index is 230. The average molecular weight is 169 g/mol. The Kier molecular flexibility index (Phi) is 4.45. The van der Waals surface area contributed by atoms with Crippen LogP contribution in [-0.2, 0) is 9.53 Å². The summed E-state index contributed by atoms with van der Waals surface area (Å²) in [6, 6.07) is 0. The maximum absolute atomic E-state index is 11.0. The fraction of sp³-hybridized carbons (Fsp3) is 0.250. The molecule has 0 heterocycles. The molecule has 4 heteroatoms. The highest BCUT2D eigenvalue weighted by molar-refractivity contribution is 5.91. The number of hydroxylamine groups is 1. The van der Waals surface area contributed by atoms with Gasteiger partial charge in [0.15, 0.2) is 6.20 Å². The predicted molar refractivity (Wildman–Crippen MR) is 45.7 cm³/mol. The summed E-state index contributed by atoms with van der Waals surface area (Å²) in [5.74, 6) is -0.572. The van der Waals surface area contributed by atoms with E-state index in [1.807, 2.05) is 0 Å². The lowest BCUT2D eigenvalue weighted by molar-refractivity contribution is -0.368. The zero-order valence-corrected chi connectivity index (χ0v) is 6.95. The molecule has 12 heavy (non-hydrogen) atoms. The monoisotopic (exact) mass is 169 g/mol. The first-order valence-corrected chi connectivity index (χ1v) is 3.40. The molecule has 0 unspecified atom stereocenters. The third kappa shape index (κ3) is 3.55. The average Bonchev–Trinajstić information content (AvgIpc) is 2.00. The normalized spacial score (nSPS) is 10.6. The van der Waals surface area contributed by atoms with E-state index in [1.54, 1.807) is 6.92 Å². The third-order valence-electron chi connectivity index (χ3n) is 1.01. The van der Waals surface area contributed by atoms with Crippen molar-refractivity contribution in [1.82, 2.24) is 0 Å². The van der Waals surface area contributed by atoms with E-state index >= 15 is 0 Å². The van der Waals surface area contributed by atoms with Gasteiger partial charge in [-0.2, -0.15) is 4.74 Å². The molecule has 0 bridgehead atoms. The molecule has 0 N–H and O–H groups in total. The molecule has 0 aromatic heterocycles. The highest BCUT2D eigenvalue weighted by Crippen LogP contribution is 1.98. The van der Waals surface area contributed by atoms with Crippen LogP contribution in [0.3, 0.4) is 0 Å². The standard InChI is InChI=1S/C8H11NO3/c1-4-7(6-9(3)11)8(10)12-5-2/h4,6H,1,3,5H2,2H3/b7-6+. The van der Waals surface area contributed by atoms with E-state index < -0.39 is 5.97 Å². The van der Waals surface area contributed by atoms with E-state index in [9.17, 15) is 10.0 Å². The second kappa shape index (κ2) is 5.12. The van der Waals surface area contributed by atoms with Crippen LogP contribution < -0.4 is 0 Å². The highest BCUT2D eigenvalue weighted by Gasteiger charge is 2.08. The van der Waals surface area contributed by atoms with Crippen molar-refractivity contribution in [1.29, 1.82) is 0 Å². The molecular formula is C8H11NO3. The SMILES string of the molecule is C=C/C(=C\[N+](=C)[O-])C(=O)OCC. The van der Waals surface area contributed by atoms with Crippen molar-refractivity contribution in [2.24, 2.45) is 0 Å². The lowest BCUT2D eigenvalue weighted by atomic mass is 10.3. The van der Waals surface area contributed by atoms with Crippen LogP contribution in [0.1, 0.15) is 6.92 Å². The molecule has 0 aliphatic carbocycles. The van der Waals surface area contributed by atoms with Crippen molar-refractivity contribution in [2.45, 2.75) is 6.92 Å². The first-order chi connectivity index (χ1) is 5.61. The van der Waals surface area contributed by atoms with E-state index in [2.05, 4.69) is 18.0 Å². The summed E-state index contributed by atoms with van der Waals surface area (Å²) in [6.45, 7) is 8.31. The van der Waals surface area contributed by atoms with Gasteiger partial charge in [-0.3, -0.25) is 0 Å². The largest absolute Gasteiger partial charge is 0.619 e. The van der Waals surface area contributed by atoms with Crippen molar-refractivity contribution in [2.75, 3.05) is 6.61 Å². The van der Waals surface area contributed by atoms with Crippen LogP contribution in [0.15, 0.2) is 24.4 Å². The molecule has 0 aliphatic heterocycles. The molecule has 66 valence electrons. The molecule has 0 aromatic carbocycles. The quantitative estimate of drug-likeness (QED) is 0.119. The Balaban J connectivity index is 4.44. The van der Waals surface area contributed by atoms with E-state index in [4.69, 9.17) is 0 Å². The van der Waals surface area contributed by atoms with Gasteiger partial charge in [0.25, 0.3) is 0 Å². The minimum atomic E-state index is -0.572. The molecule has 0 radical (unpaired) electrons. The summed E-state index contributed by atoms with van der Waals surface area (Å²) in [7, 11) is 0. The molecule has 0 atom stereocenters. The summed E-state index contributed by atoms with van der Waals surface area (Å²) < 4.78 is 4.90. The third-order valence-corrected chi connectivity index (χ3v) is 1.01. The molecule has 0 amide bonds. The van der Waals surface area contributed by atoms with Gasteiger partial charge >= 0.3 is 5.97 Å². The smallest absolute Gasteiger partial charge is 0.344 e. The zero-order chi connectivity index (χ0) is 9.56. The van der Waals surface area contributed by atoms with E-state index in [0.29, 0.717) is 0 Å². The predicted octanol–water partition coefficient (Wildman–Crippen LogP) is 0.830. The summed E-state index contributed by atoms with van der Waals surface area (Å²) in [6.07, 6.45) is 2.25. The molecule has 0 saturated carbocycles. The maximum atomic E-state index is 11.0. The number of carbonyl (C=O) groups is 1. The summed E-state index contributed by atoms with van der Waals surface area (Å²) in [5.41, 5.74) is 0.0989. The van der Waals surface area contributed by atoms with Crippen molar-refractivity contribution >= 4 is 12.7 Å². The van der Waals surface area contributed by atoms with Gasteiger partial charge in [-0.1, -0.05) is 6.58 Å². The van der Waals surface area contributed by atoms with Crippen LogP contribution in [-0.4, -0.2) is 24.0 Å². The van der Waals surface area contributed by atoms with Gasteiger partial charge in [-0.15, -0.1) is 0 Å². The van der Waals surface area contributed by atoms with Gasteiger partial charge in [0.2, 0.25) is 0 Å². The lowest BCUT2D eigenvalue weighted by Crippen LogP contribution is -2.07. The van der Waals surface area contributed by atoms with Gasteiger partial charge < -0.3 is 9.94 Å². The van der Waals surface area contributed by atoms with Gasteiger partial charge in [0, 0.05) is 0 Å². The van der Waals surface area contributed by atoms with Gasteiger partial charge in [0.1, 0.15) is 12.3 Å². The minimum Gasteiger partial charge on any atom is -0.619 e. The molecule has 0 fully saturated rings. The Labute approximate surface area is 71.0 Å². The van der Waals surface area contributed by atoms with Crippen LogP contribution in [0.2, 0.25) is 0 Å². The molecular weight excluding hydrogens is 158 g/mol. The lowest BCUT2D eigenvalue weighted by Gasteiger charge is -2.00. The number of rotatable bonds is 4. The fourth-order valence-corrected chi connectivity index (χ4v) is 0.558. The van der Waals surface area contributed by atoms with Gasteiger partial charge in [-0.25, -0.2) is 4.79 Å². The first kappa shape index (κ1) is 10.4. The van der Waals surface area contributed by atoms with Crippen molar-refractivity contribution < 1.29 is 14.3 Å². The van der Waals surface area contributed by atoms with Crippen LogP contribution in [0.4, 0.5) is 0 Å². The van der Waals surface area contributed by atoms with E-state index in [1.165, 1.54) is 6.08 Å². The van der Waals surface area contributed by atoms with Gasteiger partial charge in [-0.05, 0) is 13.0 Å². The number of esters is 1. The molecule has 0 spiro atoms. The first-order valence-electron chi connectivity index (χ1n) is 3.40. The number of hydrogen-bond donors (Lipinski definition) is 0. The Morgan fingerprint density at radius 1 is 1.75 bits per heavy atom. The summed E-state index contributed by atoms with van der Waals surface area (Å²) in [5, 5.41) is 10.4. The van der Waals surface area contributed by atoms with Gasteiger partial charge in [0.05, 0.1) is 6.61 Å². The second-order valence-corrected chi connectivity index (χ2v) is 1.93. The molecule has 0 aromatic rings. The van der Waals surface area contributed by atoms with Crippen LogP contribution >= 0.6 is 0 Å².